The molecule has 0 heterocycles. The molecule has 15 heavy (non-hydrogen) atoms. The molecule has 0 bridgehead atoms. The number of aliphatic hydroxyl groups is 1. The van der Waals surface area contributed by atoms with Gasteiger partial charge >= 0.3 is 0 Å². The monoisotopic (exact) mass is 208 g/mol. The summed E-state index contributed by atoms with van der Waals surface area (Å²) < 4.78 is 0. The van der Waals surface area contributed by atoms with E-state index in [1.807, 2.05) is 33.8 Å². The Labute approximate surface area is 91.7 Å². The van der Waals surface area contributed by atoms with Crippen LogP contribution in [0.25, 0.3) is 0 Å². The average molecular weight is 208 g/mol. The molecule has 2 heteroatoms. The van der Waals surface area contributed by atoms with Crippen LogP contribution in [0.2, 0.25) is 0 Å². The van der Waals surface area contributed by atoms with Gasteiger partial charge in [0.15, 0.2) is 5.78 Å². The highest BCUT2D eigenvalue weighted by molar-refractivity contribution is 5.92. The summed E-state index contributed by atoms with van der Waals surface area (Å²) in [5.74, 6) is -0.0409. The fourth-order valence-corrected chi connectivity index (χ4v) is 2.39. The normalized spacial score (nSPS) is 34.6. The highest BCUT2D eigenvalue weighted by Gasteiger charge is 2.41. The van der Waals surface area contributed by atoms with Crippen molar-refractivity contribution in [3.63, 3.8) is 0 Å². The van der Waals surface area contributed by atoms with Crippen molar-refractivity contribution in [1.82, 2.24) is 0 Å². The van der Waals surface area contributed by atoms with E-state index in [0.29, 0.717) is 0 Å². The lowest BCUT2D eigenvalue weighted by molar-refractivity contribution is -0.124. The van der Waals surface area contributed by atoms with Crippen molar-refractivity contribution in [3.8, 4) is 0 Å². The number of carbonyl (C=O) groups excluding carboxylic acids is 1. The van der Waals surface area contributed by atoms with Crippen molar-refractivity contribution in [2.24, 2.45) is 17.3 Å². The van der Waals surface area contributed by atoms with Crippen molar-refractivity contribution in [1.29, 1.82) is 0 Å². The Hall–Kier alpha value is -0.890. The molecule has 0 saturated carbocycles. The highest BCUT2D eigenvalue weighted by Crippen LogP contribution is 2.40. The molecule has 0 saturated heterocycles. The molecule has 84 valence electrons. The van der Waals surface area contributed by atoms with E-state index in [2.05, 4.69) is 0 Å². The van der Waals surface area contributed by atoms with Crippen molar-refractivity contribution in [2.75, 3.05) is 0 Å². The van der Waals surface area contributed by atoms with Crippen molar-refractivity contribution in [3.05, 3.63) is 24.3 Å². The number of allylic oxidation sites excluding steroid dienone is 3. The summed E-state index contributed by atoms with van der Waals surface area (Å²) in [6, 6.07) is 0. The molecule has 2 nitrogen and oxygen atoms in total. The smallest absolute Gasteiger partial charge is 0.159 e. The molecule has 0 aromatic carbocycles. The van der Waals surface area contributed by atoms with Crippen LogP contribution in [0, 0.1) is 17.3 Å². The minimum Gasteiger partial charge on any atom is -0.389 e. The van der Waals surface area contributed by atoms with Crippen LogP contribution in [0.4, 0.5) is 0 Å². The van der Waals surface area contributed by atoms with Gasteiger partial charge in [0, 0.05) is 5.92 Å². The molecule has 0 aliphatic heterocycles. The molecule has 0 radical (unpaired) electrons. The summed E-state index contributed by atoms with van der Waals surface area (Å²) in [6.45, 7) is 7.85. The molecule has 0 fully saturated rings. The molecule has 0 spiro atoms. The molecule has 0 amide bonds. The highest BCUT2D eigenvalue weighted by atomic mass is 16.3. The number of aliphatic hydroxyl groups excluding tert-OH is 1. The fraction of sp³-hybridized carbons (Fsp3) is 0.615. The van der Waals surface area contributed by atoms with Gasteiger partial charge in [-0.25, -0.2) is 0 Å². The van der Waals surface area contributed by atoms with E-state index >= 15 is 0 Å². The molecule has 3 atom stereocenters. The van der Waals surface area contributed by atoms with Gasteiger partial charge in [-0.1, -0.05) is 39.0 Å². The summed E-state index contributed by atoms with van der Waals surface area (Å²) in [5, 5.41) is 9.73. The topological polar surface area (TPSA) is 37.3 Å². The van der Waals surface area contributed by atoms with Crippen LogP contribution in [0.1, 0.15) is 27.7 Å². The summed E-state index contributed by atoms with van der Waals surface area (Å²) >= 11 is 0. The van der Waals surface area contributed by atoms with Gasteiger partial charge in [-0.15, -0.1) is 0 Å². The predicted molar refractivity (Wildman–Crippen MR) is 61.4 cm³/mol. The number of carbonyl (C=O) groups is 1. The second kappa shape index (κ2) is 4.31. The summed E-state index contributed by atoms with van der Waals surface area (Å²) in [7, 11) is 0. The third-order valence-electron chi connectivity index (χ3n) is 3.23. The Morgan fingerprint density at radius 1 is 1.47 bits per heavy atom. The van der Waals surface area contributed by atoms with Gasteiger partial charge in [0.1, 0.15) is 0 Å². The van der Waals surface area contributed by atoms with E-state index in [4.69, 9.17) is 0 Å². The van der Waals surface area contributed by atoms with Gasteiger partial charge in [0.25, 0.3) is 0 Å². The molecular formula is C13H20O2. The first kappa shape index (κ1) is 12.2. The minimum absolute atomic E-state index is 0.0197. The fourth-order valence-electron chi connectivity index (χ4n) is 2.39. The summed E-state index contributed by atoms with van der Waals surface area (Å²) in [6.07, 6.45) is 6.61. The van der Waals surface area contributed by atoms with E-state index in [0.717, 1.165) is 0 Å². The lowest BCUT2D eigenvalue weighted by atomic mass is 9.65. The molecule has 1 aliphatic rings. The van der Waals surface area contributed by atoms with Crippen LogP contribution >= 0.6 is 0 Å². The Morgan fingerprint density at radius 3 is 2.60 bits per heavy atom. The third-order valence-corrected chi connectivity index (χ3v) is 3.23. The van der Waals surface area contributed by atoms with Crippen LogP contribution in [-0.2, 0) is 4.79 Å². The molecule has 0 aromatic rings. The molecule has 1 rings (SSSR count). The number of hydrogen-bond acceptors (Lipinski definition) is 2. The first-order valence-electron chi connectivity index (χ1n) is 5.44. The van der Waals surface area contributed by atoms with Gasteiger partial charge in [-0.2, -0.15) is 0 Å². The van der Waals surface area contributed by atoms with Gasteiger partial charge in [-0.3, -0.25) is 4.79 Å². The van der Waals surface area contributed by atoms with Crippen LogP contribution in [-0.4, -0.2) is 17.0 Å². The second-order valence-corrected chi connectivity index (χ2v) is 4.91. The Kier molecular flexibility index (Phi) is 3.50. The maximum Gasteiger partial charge on any atom is 0.159 e. The maximum atomic E-state index is 11.9. The Bertz CT molecular complexity index is 300. The summed E-state index contributed by atoms with van der Waals surface area (Å²) in [5.41, 5.74) is -0.171. The lowest BCUT2D eigenvalue weighted by Gasteiger charge is -2.39. The van der Waals surface area contributed by atoms with Crippen LogP contribution in [0.15, 0.2) is 24.3 Å². The van der Waals surface area contributed by atoms with Crippen molar-refractivity contribution >= 4 is 5.78 Å². The number of hydrogen-bond donors (Lipinski definition) is 1. The minimum atomic E-state index is -0.503. The van der Waals surface area contributed by atoms with E-state index in [9.17, 15) is 9.90 Å². The van der Waals surface area contributed by atoms with E-state index in [-0.39, 0.29) is 23.0 Å². The molecule has 0 aromatic heterocycles. The number of ketones is 1. The Balaban J connectivity index is 3.02. The van der Waals surface area contributed by atoms with Crippen molar-refractivity contribution in [2.45, 2.75) is 33.8 Å². The summed E-state index contributed by atoms with van der Waals surface area (Å²) in [4.78, 5) is 11.9. The molecule has 3 unspecified atom stereocenters. The standard InChI is InChI=1S/C13H20O2/c1-5-6-11(15)12-9(2)10(14)7-8-13(12,3)4/h5-10,12,14H,1-4H3/b6-5+. The van der Waals surface area contributed by atoms with E-state index in [1.165, 1.54) is 0 Å². The van der Waals surface area contributed by atoms with Gasteiger partial charge in [0.2, 0.25) is 0 Å². The zero-order chi connectivity index (χ0) is 11.6. The number of rotatable bonds is 2. The Morgan fingerprint density at radius 2 is 2.07 bits per heavy atom. The SMILES string of the molecule is C/C=C/C(=O)C1C(C)C(O)C=CC1(C)C. The van der Waals surface area contributed by atoms with Gasteiger partial charge in [-0.05, 0) is 24.3 Å². The maximum absolute atomic E-state index is 11.9. The van der Waals surface area contributed by atoms with Crippen LogP contribution in [0.3, 0.4) is 0 Å². The average Bonchev–Trinajstić information content (AvgIpc) is 2.12. The zero-order valence-corrected chi connectivity index (χ0v) is 9.90. The predicted octanol–water partition coefficient (Wildman–Crippen LogP) is 2.34. The molecule has 1 N–H and O–H groups in total. The van der Waals surface area contributed by atoms with Gasteiger partial charge < -0.3 is 5.11 Å². The quantitative estimate of drug-likeness (QED) is 0.558. The van der Waals surface area contributed by atoms with Crippen LogP contribution in [0.5, 0.6) is 0 Å². The van der Waals surface area contributed by atoms with E-state index in [1.54, 1.807) is 18.2 Å². The lowest BCUT2D eigenvalue weighted by Crippen LogP contribution is -2.41. The largest absolute Gasteiger partial charge is 0.389 e. The van der Waals surface area contributed by atoms with Crippen molar-refractivity contribution < 1.29 is 9.90 Å². The second-order valence-electron chi connectivity index (χ2n) is 4.91. The van der Waals surface area contributed by atoms with Gasteiger partial charge in [0.05, 0.1) is 6.10 Å². The molecular weight excluding hydrogens is 188 g/mol. The van der Waals surface area contributed by atoms with E-state index < -0.39 is 6.10 Å². The van der Waals surface area contributed by atoms with Crippen LogP contribution < -0.4 is 0 Å². The zero-order valence-electron chi connectivity index (χ0n) is 9.90. The third kappa shape index (κ3) is 2.37. The molecule has 1 aliphatic carbocycles. The first-order valence-corrected chi connectivity index (χ1v) is 5.44. The first-order chi connectivity index (χ1) is 6.90.